The standard InChI is InChI=1S/C18H25NO/c1-4-11-19-18(10-9-17-6-5-12-20-17)16-8-7-14(2)15(3)13-16/h5-8,12-13,18-19H,4,9-11H2,1-3H3. The predicted octanol–water partition coefficient (Wildman–Crippen LogP) is 4.57. The lowest BCUT2D eigenvalue weighted by Gasteiger charge is -2.19. The number of hydrogen-bond donors (Lipinski definition) is 1. The van der Waals surface area contributed by atoms with Crippen LogP contribution in [-0.4, -0.2) is 6.54 Å². The van der Waals surface area contributed by atoms with Crippen LogP contribution in [-0.2, 0) is 6.42 Å². The van der Waals surface area contributed by atoms with Gasteiger partial charge in [0.05, 0.1) is 6.26 Å². The Morgan fingerprint density at radius 3 is 2.65 bits per heavy atom. The van der Waals surface area contributed by atoms with E-state index in [1.807, 2.05) is 6.07 Å². The molecule has 2 nitrogen and oxygen atoms in total. The van der Waals surface area contributed by atoms with Crippen LogP contribution in [0.1, 0.15) is 48.3 Å². The quantitative estimate of drug-likeness (QED) is 0.798. The maximum atomic E-state index is 5.44. The van der Waals surface area contributed by atoms with Gasteiger partial charge in [-0.1, -0.05) is 25.1 Å². The summed E-state index contributed by atoms with van der Waals surface area (Å²) in [6.07, 6.45) is 4.94. The Balaban J connectivity index is 2.07. The molecule has 0 aliphatic heterocycles. The van der Waals surface area contributed by atoms with E-state index in [4.69, 9.17) is 4.42 Å². The Labute approximate surface area is 122 Å². The Morgan fingerprint density at radius 2 is 2.00 bits per heavy atom. The molecule has 1 aromatic carbocycles. The first-order chi connectivity index (χ1) is 9.70. The first kappa shape index (κ1) is 14.9. The molecule has 0 radical (unpaired) electrons. The van der Waals surface area contributed by atoms with Crippen LogP contribution in [0.5, 0.6) is 0 Å². The highest BCUT2D eigenvalue weighted by Gasteiger charge is 2.12. The number of furan rings is 1. The second kappa shape index (κ2) is 7.30. The molecule has 0 saturated carbocycles. The Kier molecular flexibility index (Phi) is 5.42. The van der Waals surface area contributed by atoms with Crippen molar-refractivity contribution in [1.82, 2.24) is 5.32 Å². The minimum atomic E-state index is 0.402. The van der Waals surface area contributed by atoms with Gasteiger partial charge in [-0.25, -0.2) is 0 Å². The zero-order valence-electron chi connectivity index (χ0n) is 12.8. The van der Waals surface area contributed by atoms with Crippen molar-refractivity contribution in [1.29, 1.82) is 0 Å². The monoisotopic (exact) mass is 271 g/mol. The van der Waals surface area contributed by atoms with Crippen molar-refractivity contribution >= 4 is 0 Å². The lowest BCUT2D eigenvalue weighted by molar-refractivity contribution is 0.452. The maximum absolute atomic E-state index is 5.44. The lowest BCUT2D eigenvalue weighted by Crippen LogP contribution is -2.22. The maximum Gasteiger partial charge on any atom is 0.103 e. The van der Waals surface area contributed by atoms with Crippen molar-refractivity contribution in [2.75, 3.05) is 6.54 Å². The number of hydrogen-bond acceptors (Lipinski definition) is 2. The summed E-state index contributed by atoms with van der Waals surface area (Å²) in [5, 5.41) is 3.65. The zero-order chi connectivity index (χ0) is 14.4. The largest absolute Gasteiger partial charge is 0.469 e. The molecule has 108 valence electrons. The van der Waals surface area contributed by atoms with E-state index < -0.39 is 0 Å². The van der Waals surface area contributed by atoms with Crippen LogP contribution in [0, 0.1) is 13.8 Å². The summed E-state index contributed by atoms with van der Waals surface area (Å²) in [7, 11) is 0. The minimum absolute atomic E-state index is 0.402. The van der Waals surface area contributed by atoms with Crippen molar-refractivity contribution in [2.45, 2.75) is 46.1 Å². The molecule has 0 amide bonds. The van der Waals surface area contributed by atoms with Gasteiger partial charge >= 0.3 is 0 Å². The van der Waals surface area contributed by atoms with Gasteiger partial charge in [-0.05, 0) is 62.1 Å². The van der Waals surface area contributed by atoms with Crippen molar-refractivity contribution in [2.24, 2.45) is 0 Å². The molecule has 0 saturated heterocycles. The Bertz CT molecular complexity index is 516. The average Bonchev–Trinajstić information content (AvgIpc) is 2.95. The molecule has 2 heteroatoms. The number of aryl methyl sites for hydroxylation is 3. The minimum Gasteiger partial charge on any atom is -0.469 e. The van der Waals surface area contributed by atoms with Gasteiger partial charge in [0.25, 0.3) is 0 Å². The van der Waals surface area contributed by atoms with E-state index in [-0.39, 0.29) is 0 Å². The molecule has 1 aromatic heterocycles. The van der Waals surface area contributed by atoms with Crippen LogP contribution in [0.15, 0.2) is 41.0 Å². The third kappa shape index (κ3) is 3.97. The molecule has 1 heterocycles. The second-order valence-electron chi connectivity index (χ2n) is 5.47. The van der Waals surface area contributed by atoms with Gasteiger partial charge in [-0.2, -0.15) is 0 Å². The van der Waals surface area contributed by atoms with Crippen LogP contribution in [0.2, 0.25) is 0 Å². The third-order valence-corrected chi connectivity index (χ3v) is 3.83. The first-order valence-electron chi connectivity index (χ1n) is 7.53. The molecular formula is C18H25NO. The van der Waals surface area contributed by atoms with Crippen LogP contribution < -0.4 is 5.32 Å². The number of nitrogens with one attached hydrogen (secondary N) is 1. The molecule has 1 atom stereocenters. The van der Waals surface area contributed by atoms with Gasteiger partial charge in [0, 0.05) is 12.5 Å². The number of rotatable bonds is 7. The molecule has 0 bridgehead atoms. The second-order valence-corrected chi connectivity index (χ2v) is 5.47. The molecule has 0 fully saturated rings. The topological polar surface area (TPSA) is 25.2 Å². The highest BCUT2D eigenvalue weighted by molar-refractivity contribution is 5.31. The van der Waals surface area contributed by atoms with E-state index in [0.29, 0.717) is 6.04 Å². The highest BCUT2D eigenvalue weighted by atomic mass is 16.3. The third-order valence-electron chi connectivity index (χ3n) is 3.83. The van der Waals surface area contributed by atoms with Gasteiger partial charge in [0.2, 0.25) is 0 Å². The van der Waals surface area contributed by atoms with Crippen molar-refractivity contribution < 1.29 is 4.42 Å². The van der Waals surface area contributed by atoms with E-state index in [2.05, 4.69) is 50.4 Å². The van der Waals surface area contributed by atoms with Gasteiger partial charge in [0.1, 0.15) is 5.76 Å². The molecule has 0 spiro atoms. The van der Waals surface area contributed by atoms with Crippen LogP contribution in [0.4, 0.5) is 0 Å². The van der Waals surface area contributed by atoms with Gasteiger partial charge in [0.15, 0.2) is 0 Å². The molecular weight excluding hydrogens is 246 g/mol. The predicted molar refractivity (Wildman–Crippen MR) is 84.0 cm³/mol. The lowest BCUT2D eigenvalue weighted by atomic mass is 9.97. The SMILES string of the molecule is CCCNC(CCc1ccco1)c1ccc(C)c(C)c1. The zero-order valence-corrected chi connectivity index (χ0v) is 12.8. The van der Waals surface area contributed by atoms with Gasteiger partial charge in [-0.15, -0.1) is 0 Å². The smallest absolute Gasteiger partial charge is 0.103 e. The fourth-order valence-corrected chi connectivity index (χ4v) is 2.43. The summed E-state index contributed by atoms with van der Waals surface area (Å²) in [4.78, 5) is 0. The molecule has 1 unspecified atom stereocenters. The fraction of sp³-hybridized carbons (Fsp3) is 0.444. The molecule has 2 rings (SSSR count). The van der Waals surface area contributed by atoms with Gasteiger partial charge in [-0.3, -0.25) is 0 Å². The van der Waals surface area contributed by atoms with E-state index >= 15 is 0 Å². The van der Waals surface area contributed by atoms with E-state index in [1.165, 1.54) is 16.7 Å². The van der Waals surface area contributed by atoms with Crippen molar-refractivity contribution in [3.8, 4) is 0 Å². The van der Waals surface area contributed by atoms with E-state index in [9.17, 15) is 0 Å². The Hall–Kier alpha value is -1.54. The molecule has 0 aliphatic rings. The summed E-state index contributed by atoms with van der Waals surface area (Å²) in [6, 6.07) is 11.2. The number of benzene rings is 1. The molecule has 1 N–H and O–H groups in total. The van der Waals surface area contributed by atoms with Crippen LogP contribution in [0.3, 0.4) is 0 Å². The van der Waals surface area contributed by atoms with Crippen molar-refractivity contribution in [3.63, 3.8) is 0 Å². The van der Waals surface area contributed by atoms with Crippen LogP contribution >= 0.6 is 0 Å². The molecule has 0 aliphatic carbocycles. The normalized spacial score (nSPS) is 12.6. The first-order valence-corrected chi connectivity index (χ1v) is 7.53. The average molecular weight is 271 g/mol. The molecule has 20 heavy (non-hydrogen) atoms. The van der Waals surface area contributed by atoms with Crippen LogP contribution in [0.25, 0.3) is 0 Å². The summed E-state index contributed by atoms with van der Waals surface area (Å²) in [5.74, 6) is 1.07. The summed E-state index contributed by atoms with van der Waals surface area (Å²) >= 11 is 0. The Morgan fingerprint density at radius 1 is 1.15 bits per heavy atom. The molecule has 2 aromatic rings. The van der Waals surface area contributed by atoms with Gasteiger partial charge < -0.3 is 9.73 Å². The summed E-state index contributed by atoms with van der Waals surface area (Å²) in [5.41, 5.74) is 4.10. The van der Waals surface area contributed by atoms with E-state index in [1.54, 1.807) is 6.26 Å². The van der Waals surface area contributed by atoms with Crippen molar-refractivity contribution in [3.05, 3.63) is 59.0 Å². The summed E-state index contributed by atoms with van der Waals surface area (Å²) in [6.45, 7) is 7.60. The van der Waals surface area contributed by atoms with E-state index in [0.717, 1.165) is 31.6 Å². The fourth-order valence-electron chi connectivity index (χ4n) is 2.43. The summed E-state index contributed by atoms with van der Waals surface area (Å²) < 4.78 is 5.44. The highest BCUT2D eigenvalue weighted by Crippen LogP contribution is 2.22.